The summed E-state index contributed by atoms with van der Waals surface area (Å²) < 4.78 is 10.9. The van der Waals surface area contributed by atoms with Crippen LogP contribution < -0.4 is 5.32 Å². The zero-order valence-corrected chi connectivity index (χ0v) is 11.6. The molecule has 0 fully saturated rings. The first kappa shape index (κ1) is 12.3. The number of hydrogen-bond acceptors (Lipinski definition) is 4. The Kier molecular flexibility index (Phi) is 2.99. The molecule has 1 atom stereocenters. The third kappa shape index (κ3) is 2.33. The van der Waals surface area contributed by atoms with Gasteiger partial charge in [0.1, 0.15) is 5.76 Å². The van der Waals surface area contributed by atoms with Crippen LogP contribution in [0.4, 0.5) is 5.69 Å². The molecule has 1 aliphatic rings. The van der Waals surface area contributed by atoms with Crippen molar-refractivity contribution in [3.63, 3.8) is 0 Å². The van der Waals surface area contributed by atoms with Gasteiger partial charge in [0.2, 0.25) is 0 Å². The lowest BCUT2D eigenvalue weighted by Crippen LogP contribution is -2.15. The van der Waals surface area contributed by atoms with E-state index in [0.717, 1.165) is 42.0 Å². The minimum absolute atomic E-state index is 0.317. The second kappa shape index (κ2) is 5.13. The van der Waals surface area contributed by atoms with E-state index in [9.17, 15) is 0 Å². The van der Waals surface area contributed by atoms with E-state index in [1.165, 1.54) is 12.0 Å². The summed E-state index contributed by atoms with van der Waals surface area (Å²) >= 11 is 0. The van der Waals surface area contributed by atoms with E-state index in [0.29, 0.717) is 6.04 Å². The zero-order valence-electron chi connectivity index (χ0n) is 11.6. The molecule has 4 heteroatoms. The van der Waals surface area contributed by atoms with E-state index in [2.05, 4.69) is 28.5 Å². The predicted molar refractivity (Wildman–Crippen MR) is 79.9 cm³/mol. The van der Waals surface area contributed by atoms with Crippen molar-refractivity contribution in [2.24, 2.45) is 0 Å². The highest BCUT2D eigenvalue weighted by Gasteiger charge is 2.22. The second-order valence-electron chi connectivity index (χ2n) is 5.33. The molecule has 106 valence electrons. The average molecular weight is 280 g/mol. The number of rotatable bonds is 3. The molecule has 0 bridgehead atoms. The Bertz CT molecular complexity index is 731. The summed E-state index contributed by atoms with van der Waals surface area (Å²) in [6.07, 6.45) is 8.29. The summed E-state index contributed by atoms with van der Waals surface area (Å²) in [5, 5.41) is 3.60. The van der Waals surface area contributed by atoms with E-state index in [-0.39, 0.29) is 0 Å². The number of oxazole rings is 1. The van der Waals surface area contributed by atoms with Crippen molar-refractivity contribution in [1.29, 1.82) is 0 Å². The van der Waals surface area contributed by atoms with Crippen LogP contribution in [0.5, 0.6) is 0 Å². The van der Waals surface area contributed by atoms with Crippen molar-refractivity contribution < 1.29 is 8.83 Å². The van der Waals surface area contributed by atoms with E-state index >= 15 is 0 Å². The normalized spacial score (nSPS) is 17.4. The fraction of sp³-hybridized carbons (Fsp3) is 0.235. The lowest BCUT2D eigenvalue weighted by Gasteiger charge is -2.24. The van der Waals surface area contributed by atoms with Gasteiger partial charge in [-0.15, -0.1) is 0 Å². The molecule has 1 N–H and O–H groups in total. The van der Waals surface area contributed by atoms with Crippen LogP contribution in [0.25, 0.3) is 11.3 Å². The molecule has 2 heterocycles. The highest BCUT2D eigenvalue weighted by molar-refractivity contribution is 5.63. The summed E-state index contributed by atoms with van der Waals surface area (Å²) in [6, 6.07) is 10.6. The van der Waals surface area contributed by atoms with Crippen molar-refractivity contribution in [2.75, 3.05) is 5.32 Å². The Balaban J connectivity index is 1.60. The highest BCUT2D eigenvalue weighted by atomic mass is 16.3. The molecule has 4 nitrogen and oxygen atoms in total. The van der Waals surface area contributed by atoms with E-state index in [1.807, 2.05) is 12.1 Å². The Labute approximate surface area is 122 Å². The van der Waals surface area contributed by atoms with Crippen molar-refractivity contribution in [3.05, 3.63) is 60.5 Å². The van der Waals surface area contributed by atoms with Gasteiger partial charge in [0, 0.05) is 23.2 Å². The van der Waals surface area contributed by atoms with Crippen LogP contribution in [0.15, 0.2) is 58.0 Å². The van der Waals surface area contributed by atoms with E-state index in [1.54, 1.807) is 12.5 Å². The van der Waals surface area contributed by atoms with Gasteiger partial charge in [-0.1, -0.05) is 12.1 Å². The minimum atomic E-state index is 0.317. The summed E-state index contributed by atoms with van der Waals surface area (Å²) in [6.45, 7) is 0. The minimum Gasteiger partial charge on any atom is -0.469 e. The number of nitrogens with one attached hydrogen (secondary N) is 1. The Morgan fingerprint density at radius 2 is 2.19 bits per heavy atom. The molecule has 1 unspecified atom stereocenters. The number of aromatic nitrogens is 1. The number of hydrogen-bond donors (Lipinski definition) is 1. The van der Waals surface area contributed by atoms with Crippen LogP contribution in [0.2, 0.25) is 0 Å². The van der Waals surface area contributed by atoms with Crippen molar-refractivity contribution >= 4 is 5.69 Å². The fourth-order valence-corrected chi connectivity index (χ4v) is 2.96. The quantitative estimate of drug-likeness (QED) is 0.771. The first-order chi connectivity index (χ1) is 10.4. The molecule has 0 spiro atoms. The molecule has 1 aliphatic carbocycles. The molecule has 4 rings (SSSR count). The molecule has 21 heavy (non-hydrogen) atoms. The molecule has 3 aromatic rings. The highest BCUT2D eigenvalue weighted by Crippen LogP contribution is 2.34. The molecule has 0 saturated heterocycles. The maximum absolute atomic E-state index is 5.54. The van der Waals surface area contributed by atoms with E-state index in [4.69, 9.17) is 8.83 Å². The van der Waals surface area contributed by atoms with Crippen molar-refractivity contribution in [3.8, 4) is 11.3 Å². The average Bonchev–Trinajstić information content (AvgIpc) is 3.20. The number of aryl methyl sites for hydroxylation is 1. The van der Waals surface area contributed by atoms with Gasteiger partial charge in [0.25, 0.3) is 0 Å². The lowest BCUT2D eigenvalue weighted by atomic mass is 9.93. The molecule has 0 amide bonds. The number of benzene rings is 1. The number of anilines is 1. The lowest BCUT2D eigenvalue weighted by molar-refractivity contribution is 0.461. The zero-order chi connectivity index (χ0) is 14.1. The predicted octanol–water partition coefficient (Wildman–Crippen LogP) is 4.42. The maximum atomic E-state index is 5.54. The molecular formula is C17H16N2O2. The summed E-state index contributed by atoms with van der Waals surface area (Å²) in [5.41, 5.74) is 3.40. The van der Waals surface area contributed by atoms with Crippen molar-refractivity contribution in [1.82, 2.24) is 4.98 Å². The third-order valence-corrected chi connectivity index (χ3v) is 3.97. The molecular weight excluding hydrogens is 264 g/mol. The van der Waals surface area contributed by atoms with Crippen LogP contribution in [0.3, 0.4) is 0 Å². The Morgan fingerprint density at radius 1 is 1.19 bits per heavy atom. The van der Waals surface area contributed by atoms with Crippen molar-refractivity contribution in [2.45, 2.75) is 25.3 Å². The van der Waals surface area contributed by atoms with Crippen LogP contribution >= 0.6 is 0 Å². The van der Waals surface area contributed by atoms with Gasteiger partial charge in [-0.25, -0.2) is 4.98 Å². The monoisotopic (exact) mass is 280 g/mol. The molecule has 0 saturated carbocycles. The standard InChI is InChI=1S/C17H16N2O2/c1-3-12(17-10-18-11-21-17)9-13(4-1)19-15-5-2-6-16-14(15)7-8-20-16/h1,3-4,7-11,15,19H,2,5-6H2. The first-order valence-electron chi connectivity index (χ1n) is 7.22. The smallest absolute Gasteiger partial charge is 0.181 e. The van der Waals surface area contributed by atoms with Gasteiger partial charge in [-0.2, -0.15) is 0 Å². The Hall–Kier alpha value is -2.49. The molecule has 2 aromatic heterocycles. The maximum Gasteiger partial charge on any atom is 0.181 e. The first-order valence-corrected chi connectivity index (χ1v) is 7.22. The van der Waals surface area contributed by atoms with Gasteiger partial charge in [0.15, 0.2) is 12.2 Å². The van der Waals surface area contributed by atoms with Crippen LogP contribution in [-0.2, 0) is 6.42 Å². The molecule has 1 aromatic carbocycles. The largest absolute Gasteiger partial charge is 0.469 e. The third-order valence-electron chi connectivity index (χ3n) is 3.97. The fourth-order valence-electron chi connectivity index (χ4n) is 2.96. The van der Waals surface area contributed by atoms with Gasteiger partial charge < -0.3 is 14.2 Å². The summed E-state index contributed by atoms with van der Waals surface area (Å²) in [5.74, 6) is 1.90. The SMILES string of the molecule is c1cc(NC2CCCc3occc32)cc(-c2cnco2)c1. The van der Waals surface area contributed by atoms with Gasteiger partial charge in [-0.05, 0) is 31.0 Å². The van der Waals surface area contributed by atoms with Crippen LogP contribution in [0, 0.1) is 0 Å². The molecule has 0 aliphatic heterocycles. The van der Waals surface area contributed by atoms with Gasteiger partial charge in [-0.3, -0.25) is 0 Å². The summed E-state index contributed by atoms with van der Waals surface area (Å²) in [7, 11) is 0. The summed E-state index contributed by atoms with van der Waals surface area (Å²) in [4.78, 5) is 3.97. The topological polar surface area (TPSA) is 51.2 Å². The van der Waals surface area contributed by atoms with Gasteiger partial charge >= 0.3 is 0 Å². The van der Waals surface area contributed by atoms with E-state index < -0.39 is 0 Å². The van der Waals surface area contributed by atoms with Crippen LogP contribution in [0.1, 0.15) is 30.2 Å². The van der Waals surface area contributed by atoms with Crippen LogP contribution in [-0.4, -0.2) is 4.98 Å². The number of fused-ring (bicyclic) bond motifs is 1. The Morgan fingerprint density at radius 3 is 3.10 bits per heavy atom. The molecule has 0 radical (unpaired) electrons. The second-order valence-corrected chi connectivity index (χ2v) is 5.33. The van der Waals surface area contributed by atoms with Gasteiger partial charge in [0.05, 0.1) is 18.5 Å². The number of furan rings is 1. The number of nitrogens with zero attached hydrogens (tertiary/aromatic N) is 1.